The lowest BCUT2D eigenvalue weighted by molar-refractivity contribution is -0.940. The number of carbonyl (C=O) groups is 1. The van der Waals surface area contributed by atoms with Crippen LogP contribution >= 0.6 is 0 Å². The van der Waals surface area contributed by atoms with E-state index in [2.05, 4.69) is 0 Å². The molecule has 0 aromatic rings. The highest BCUT2D eigenvalue weighted by molar-refractivity contribution is 5.81. The second kappa shape index (κ2) is 6.20. The van der Waals surface area contributed by atoms with E-state index in [1.54, 1.807) is 11.0 Å². The number of rotatable bonds is 3. The van der Waals surface area contributed by atoms with Gasteiger partial charge in [0, 0.05) is 12.0 Å². The Labute approximate surface area is 104 Å². The second-order valence-corrected chi connectivity index (χ2v) is 5.29. The van der Waals surface area contributed by atoms with Crippen molar-refractivity contribution in [1.82, 2.24) is 0 Å². The molecule has 2 aliphatic rings. The fourth-order valence-corrected chi connectivity index (χ4v) is 3.35. The van der Waals surface area contributed by atoms with Crippen molar-refractivity contribution in [1.29, 1.82) is 0 Å². The lowest BCUT2D eigenvalue weighted by Gasteiger charge is -2.40. The normalized spacial score (nSPS) is 33.4. The van der Waals surface area contributed by atoms with Crippen LogP contribution in [0.4, 0.5) is 0 Å². The zero-order chi connectivity index (χ0) is 12.1. The molecule has 0 bridgehead atoms. The summed E-state index contributed by atoms with van der Waals surface area (Å²) in [5.41, 5.74) is 0. The molecule has 0 radical (unpaired) electrons. The molecule has 3 heteroatoms. The maximum atomic E-state index is 11.3. The molecule has 17 heavy (non-hydrogen) atoms. The topological polar surface area (TPSA) is 30.7 Å². The van der Waals surface area contributed by atoms with Gasteiger partial charge in [-0.25, -0.2) is 4.79 Å². The Hall–Kier alpha value is -0.830. The number of carbonyl (C=O) groups excluding carboxylic acids is 1. The molecule has 0 aromatic heterocycles. The summed E-state index contributed by atoms with van der Waals surface area (Å²) in [4.78, 5) is 13.1. The lowest BCUT2D eigenvalue weighted by Crippen LogP contribution is -3.18. The summed E-state index contributed by atoms with van der Waals surface area (Å²) in [6, 6.07) is 0.746. The van der Waals surface area contributed by atoms with Crippen LogP contribution < -0.4 is 4.90 Å². The minimum atomic E-state index is -0.185. The smallest absolute Gasteiger partial charge is 0.330 e. The molecule has 2 heterocycles. The first kappa shape index (κ1) is 12.6. The standard InChI is InChI=1S/C14H23NO2/c1-2-6-14(16)17-11-12-7-5-10-15-9-4-3-8-13(12)15/h2,6,12-13H,3-5,7-11H2,1H3/p+1/b6-2+/t12-,13+/m0/s1. The minimum absolute atomic E-state index is 0.185. The van der Waals surface area contributed by atoms with Crippen molar-refractivity contribution >= 4 is 5.97 Å². The third kappa shape index (κ3) is 3.32. The molecule has 0 aromatic carbocycles. The van der Waals surface area contributed by atoms with Crippen LogP contribution in [0.1, 0.15) is 39.0 Å². The summed E-state index contributed by atoms with van der Waals surface area (Å²) >= 11 is 0. The quantitative estimate of drug-likeness (QED) is 0.586. The third-order valence-corrected chi connectivity index (χ3v) is 4.17. The van der Waals surface area contributed by atoms with Crippen LogP contribution in [0.25, 0.3) is 0 Å². The molecule has 1 N–H and O–H groups in total. The van der Waals surface area contributed by atoms with Crippen molar-refractivity contribution in [3.8, 4) is 0 Å². The molecule has 0 aliphatic carbocycles. The summed E-state index contributed by atoms with van der Waals surface area (Å²) in [7, 11) is 0. The van der Waals surface area contributed by atoms with E-state index < -0.39 is 0 Å². The molecule has 0 saturated carbocycles. The van der Waals surface area contributed by atoms with Gasteiger partial charge in [-0.3, -0.25) is 0 Å². The summed E-state index contributed by atoms with van der Waals surface area (Å²) in [5, 5.41) is 0. The molecule has 2 aliphatic heterocycles. The zero-order valence-corrected chi connectivity index (χ0v) is 10.8. The number of ether oxygens (including phenoxy) is 1. The number of nitrogens with one attached hydrogen (secondary N) is 1. The van der Waals surface area contributed by atoms with E-state index in [1.807, 2.05) is 6.92 Å². The Morgan fingerprint density at radius 2 is 2.12 bits per heavy atom. The first-order chi connectivity index (χ1) is 8.31. The SMILES string of the molecule is C/C=C/C(=O)OC[C@@H]1CCC[NH+]2CCCC[C@H]12. The first-order valence-corrected chi connectivity index (χ1v) is 6.95. The zero-order valence-electron chi connectivity index (χ0n) is 10.8. The van der Waals surface area contributed by atoms with Gasteiger partial charge in [0.05, 0.1) is 19.1 Å². The molecule has 2 fully saturated rings. The van der Waals surface area contributed by atoms with Gasteiger partial charge in [0.15, 0.2) is 0 Å². The highest BCUT2D eigenvalue weighted by atomic mass is 16.5. The first-order valence-electron chi connectivity index (χ1n) is 6.95. The van der Waals surface area contributed by atoms with Crippen molar-refractivity contribution in [3.63, 3.8) is 0 Å². The van der Waals surface area contributed by atoms with Gasteiger partial charge in [-0.1, -0.05) is 6.08 Å². The van der Waals surface area contributed by atoms with Gasteiger partial charge in [-0.05, 0) is 39.0 Å². The summed E-state index contributed by atoms with van der Waals surface area (Å²) < 4.78 is 5.33. The fourth-order valence-electron chi connectivity index (χ4n) is 3.35. The fraction of sp³-hybridized carbons (Fsp3) is 0.786. The number of fused-ring (bicyclic) bond motifs is 1. The van der Waals surface area contributed by atoms with Crippen molar-refractivity contribution in [2.24, 2.45) is 5.92 Å². The molecule has 2 rings (SSSR count). The monoisotopic (exact) mass is 238 g/mol. The number of quaternary nitrogens is 1. The van der Waals surface area contributed by atoms with Gasteiger partial charge < -0.3 is 9.64 Å². The Bertz CT molecular complexity index is 286. The molecular formula is C14H24NO2+. The van der Waals surface area contributed by atoms with E-state index >= 15 is 0 Å². The lowest BCUT2D eigenvalue weighted by atomic mass is 9.84. The van der Waals surface area contributed by atoms with E-state index in [0.29, 0.717) is 12.5 Å². The molecule has 0 amide bonds. The van der Waals surface area contributed by atoms with Gasteiger partial charge in [0.2, 0.25) is 0 Å². The number of piperidine rings is 2. The van der Waals surface area contributed by atoms with E-state index in [0.717, 1.165) is 6.04 Å². The summed E-state index contributed by atoms with van der Waals surface area (Å²) in [5.74, 6) is 0.406. The predicted octanol–water partition coefficient (Wildman–Crippen LogP) is 0.953. The maximum Gasteiger partial charge on any atom is 0.330 e. The number of hydrogen-bond donors (Lipinski definition) is 1. The van der Waals surface area contributed by atoms with E-state index in [1.165, 1.54) is 51.3 Å². The number of allylic oxidation sites excluding steroid dienone is 1. The van der Waals surface area contributed by atoms with Gasteiger partial charge >= 0.3 is 5.97 Å². The molecule has 0 spiro atoms. The largest absolute Gasteiger partial charge is 0.462 e. The molecule has 3 nitrogen and oxygen atoms in total. The molecule has 96 valence electrons. The van der Waals surface area contributed by atoms with Crippen LogP contribution in [-0.4, -0.2) is 31.7 Å². The van der Waals surface area contributed by atoms with Gasteiger partial charge in [-0.15, -0.1) is 0 Å². The van der Waals surface area contributed by atoms with Crippen molar-refractivity contribution in [2.45, 2.75) is 45.1 Å². The van der Waals surface area contributed by atoms with Gasteiger partial charge in [0.1, 0.15) is 6.61 Å². The number of esters is 1. The minimum Gasteiger partial charge on any atom is -0.462 e. The van der Waals surface area contributed by atoms with Crippen LogP contribution in [0, 0.1) is 5.92 Å². The average molecular weight is 238 g/mol. The van der Waals surface area contributed by atoms with Crippen molar-refractivity contribution in [2.75, 3.05) is 19.7 Å². The molecule has 1 unspecified atom stereocenters. The van der Waals surface area contributed by atoms with E-state index in [4.69, 9.17) is 4.74 Å². The highest BCUT2D eigenvalue weighted by Crippen LogP contribution is 2.20. The summed E-state index contributed by atoms with van der Waals surface area (Å²) in [6.07, 6.45) is 9.82. The highest BCUT2D eigenvalue weighted by Gasteiger charge is 2.36. The second-order valence-electron chi connectivity index (χ2n) is 5.29. The van der Waals surface area contributed by atoms with Crippen molar-refractivity contribution < 1.29 is 14.4 Å². The maximum absolute atomic E-state index is 11.3. The van der Waals surface area contributed by atoms with Crippen LogP contribution in [0.15, 0.2) is 12.2 Å². The molecule has 3 atom stereocenters. The predicted molar refractivity (Wildman–Crippen MR) is 66.8 cm³/mol. The Morgan fingerprint density at radius 3 is 2.94 bits per heavy atom. The average Bonchev–Trinajstić information content (AvgIpc) is 2.36. The third-order valence-electron chi connectivity index (χ3n) is 4.17. The Kier molecular flexibility index (Phi) is 4.60. The number of hydrogen-bond acceptors (Lipinski definition) is 2. The molecular weight excluding hydrogens is 214 g/mol. The van der Waals surface area contributed by atoms with E-state index in [9.17, 15) is 4.79 Å². The molecule has 2 saturated heterocycles. The van der Waals surface area contributed by atoms with Crippen LogP contribution in [0.3, 0.4) is 0 Å². The summed E-state index contributed by atoms with van der Waals surface area (Å²) in [6.45, 7) is 5.11. The van der Waals surface area contributed by atoms with E-state index in [-0.39, 0.29) is 5.97 Å². The van der Waals surface area contributed by atoms with Gasteiger partial charge in [0.25, 0.3) is 0 Å². The van der Waals surface area contributed by atoms with Gasteiger partial charge in [-0.2, -0.15) is 0 Å². The van der Waals surface area contributed by atoms with Crippen molar-refractivity contribution in [3.05, 3.63) is 12.2 Å². The van der Waals surface area contributed by atoms with Crippen LogP contribution in [-0.2, 0) is 9.53 Å². The van der Waals surface area contributed by atoms with Crippen LogP contribution in [0.5, 0.6) is 0 Å². The van der Waals surface area contributed by atoms with Crippen LogP contribution in [0.2, 0.25) is 0 Å². The Balaban J connectivity index is 1.84. The Morgan fingerprint density at radius 1 is 1.29 bits per heavy atom.